The second-order valence-corrected chi connectivity index (χ2v) is 9.41. The Hall–Kier alpha value is -1.44. The molecule has 6 nitrogen and oxygen atoms in total. The molecule has 1 N–H and O–H groups in total. The Balaban J connectivity index is 2.12. The highest BCUT2D eigenvalue weighted by Crippen LogP contribution is 2.24. The number of aryl methyl sites for hydroxylation is 1. The molecular weight excluding hydrogens is 350 g/mol. The molecule has 0 atom stereocenters. The molecule has 0 bridgehead atoms. The molecule has 1 saturated heterocycles. The molecule has 146 valence electrons. The molecular formula is C19H31N3O3S. The Morgan fingerprint density at radius 1 is 1.27 bits per heavy atom. The van der Waals surface area contributed by atoms with Crippen LogP contribution >= 0.6 is 0 Å². The van der Waals surface area contributed by atoms with Crippen molar-refractivity contribution in [3.05, 3.63) is 29.3 Å². The van der Waals surface area contributed by atoms with Gasteiger partial charge in [-0.25, -0.2) is 8.42 Å². The van der Waals surface area contributed by atoms with Crippen LogP contribution in [0.25, 0.3) is 0 Å². The van der Waals surface area contributed by atoms with Gasteiger partial charge in [-0.05, 0) is 70.4 Å². The maximum atomic E-state index is 12.9. The summed E-state index contributed by atoms with van der Waals surface area (Å²) in [6, 6.07) is 4.84. The molecule has 0 radical (unpaired) electrons. The third-order valence-corrected chi connectivity index (χ3v) is 6.80. The normalized spacial score (nSPS) is 16.8. The van der Waals surface area contributed by atoms with Crippen LogP contribution in [0.2, 0.25) is 0 Å². The molecule has 7 heteroatoms. The minimum Gasteiger partial charge on any atom is -0.352 e. The zero-order chi connectivity index (χ0) is 19.3. The molecule has 0 aliphatic carbocycles. The first-order chi connectivity index (χ1) is 12.2. The third-order valence-electron chi connectivity index (χ3n) is 4.90. The fourth-order valence-corrected chi connectivity index (χ4v) is 4.57. The van der Waals surface area contributed by atoms with Gasteiger partial charge >= 0.3 is 0 Å². The quantitative estimate of drug-likeness (QED) is 0.735. The van der Waals surface area contributed by atoms with Gasteiger partial charge in [-0.3, -0.25) is 4.79 Å². The van der Waals surface area contributed by atoms with E-state index in [2.05, 4.69) is 17.1 Å². The Morgan fingerprint density at radius 3 is 2.54 bits per heavy atom. The van der Waals surface area contributed by atoms with Gasteiger partial charge in [-0.2, -0.15) is 4.31 Å². The van der Waals surface area contributed by atoms with Gasteiger partial charge in [0.2, 0.25) is 10.0 Å². The Bertz CT molecular complexity index is 724. The Morgan fingerprint density at radius 2 is 1.92 bits per heavy atom. The summed E-state index contributed by atoms with van der Waals surface area (Å²) in [5.74, 6) is 0.341. The summed E-state index contributed by atoms with van der Waals surface area (Å²) in [5, 5.41) is 2.89. The van der Waals surface area contributed by atoms with Gasteiger partial charge in [0.1, 0.15) is 0 Å². The van der Waals surface area contributed by atoms with E-state index in [0.29, 0.717) is 31.1 Å². The van der Waals surface area contributed by atoms with E-state index in [1.54, 1.807) is 12.1 Å². The maximum Gasteiger partial charge on any atom is 0.251 e. The molecule has 1 fully saturated rings. The van der Waals surface area contributed by atoms with Crippen LogP contribution in [0.5, 0.6) is 0 Å². The fraction of sp³-hybridized carbons (Fsp3) is 0.632. The summed E-state index contributed by atoms with van der Waals surface area (Å²) in [7, 11) is 0.428. The van der Waals surface area contributed by atoms with Crippen LogP contribution in [0.3, 0.4) is 0 Å². The molecule has 26 heavy (non-hydrogen) atoms. The van der Waals surface area contributed by atoms with E-state index in [1.165, 1.54) is 10.4 Å². The third kappa shape index (κ3) is 5.28. The van der Waals surface area contributed by atoms with Gasteiger partial charge in [0.05, 0.1) is 4.90 Å². The fourth-order valence-electron chi connectivity index (χ4n) is 3.07. The molecule has 1 heterocycles. The summed E-state index contributed by atoms with van der Waals surface area (Å²) in [5.41, 5.74) is 1.21. The van der Waals surface area contributed by atoms with Gasteiger partial charge in [0, 0.05) is 25.2 Å². The monoisotopic (exact) mass is 381 g/mol. The minimum absolute atomic E-state index is 0.205. The molecule has 1 aromatic rings. The highest BCUT2D eigenvalue weighted by molar-refractivity contribution is 7.89. The van der Waals surface area contributed by atoms with Crippen molar-refractivity contribution in [1.29, 1.82) is 0 Å². The zero-order valence-electron chi connectivity index (χ0n) is 16.3. The zero-order valence-corrected chi connectivity index (χ0v) is 17.1. The van der Waals surface area contributed by atoms with Crippen LogP contribution in [0.4, 0.5) is 0 Å². The maximum absolute atomic E-state index is 12.9. The van der Waals surface area contributed by atoms with Crippen LogP contribution in [0.1, 0.15) is 42.1 Å². The van der Waals surface area contributed by atoms with Crippen LogP contribution in [-0.2, 0) is 10.0 Å². The average Bonchev–Trinajstić information content (AvgIpc) is 2.59. The number of sulfonamides is 1. The average molecular weight is 382 g/mol. The predicted octanol–water partition coefficient (Wildman–Crippen LogP) is 2.10. The van der Waals surface area contributed by atoms with Crippen LogP contribution in [0.15, 0.2) is 23.1 Å². The number of hydrogen-bond donors (Lipinski definition) is 1. The van der Waals surface area contributed by atoms with Crippen LogP contribution in [-0.4, -0.2) is 63.8 Å². The van der Waals surface area contributed by atoms with Crippen molar-refractivity contribution in [2.24, 2.45) is 5.92 Å². The molecule has 1 amide bonds. The first-order valence-corrected chi connectivity index (χ1v) is 10.7. The standard InChI is InChI=1S/C19H31N3O3S/c1-15-8-12-22(13-9-15)26(24,25)17-7-6-16(2)18(14-17)19(23)20-10-5-11-21(3)4/h6-7,14-15H,5,8-13H2,1-4H3,(H,20,23). The summed E-state index contributed by atoms with van der Waals surface area (Å²) >= 11 is 0. The summed E-state index contributed by atoms with van der Waals surface area (Å²) in [6.07, 6.45) is 2.61. The summed E-state index contributed by atoms with van der Waals surface area (Å²) in [4.78, 5) is 14.7. The number of nitrogens with zero attached hydrogens (tertiary/aromatic N) is 2. The lowest BCUT2D eigenvalue weighted by Gasteiger charge is -2.29. The molecule has 0 unspecified atom stereocenters. The van der Waals surface area contributed by atoms with E-state index < -0.39 is 10.0 Å². The van der Waals surface area contributed by atoms with E-state index in [-0.39, 0.29) is 10.8 Å². The number of nitrogens with one attached hydrogen (secondary N) is 1. The van der Waals surface area contributed by atoms with Crippen molar-refractivity contribution in [2.75, 3.05) is 40.3 Å². The first-order valence-electron chi connectivity index (χ1n) is 9.25. The van der Waals surface area contributed by atoms with E-state index in [0.717, 1.165) is 31.4 Å². The molecule has 0 aromatic heterocycles. The SMILES string of the molecule is Cc1ccc(S(=O)(=O)N2CCC(C)CC2)cc1C(=O)NCCCN(C)C. The Kier molecular flexibility index (Phi) is 7.20. The number of carbonyl (C=O) groups is 1. The van der Waals surface area contributed by atoms with E-state index in [1.807, 2.05) is 21.0 Å². The number of rotatable bonds is 7. The van der Waals surface area contributed by atoms with Crippen molar-refractivity contribution in [3.63, 3.8) is 0 Å². The second-order valence-electron chi connectivity index (χ2n) is 7.48. The first kappa shape index (κ1) is 20.9. The largest absolute Gasteiger partial charge is 0.352 e. The molecule has 2 rings (SSSR count). The second kappa shape index (κ2) is 8.97. The minimum atomic E-state index is -3.55. The predicted molar refractivity (Wildman–Crippen MR) is 104 cm³/mol. The van der Waals surface area contributed by atoms with Gasteiger partial charge in [0.15, 0.2) is 0 Å². The molecule has 0 saturated carbocycles. The lowest BCUT2D eigenvalue weighted by Crippen LogP contribution is -2.38. The number of amides is 1. The van der Waals surface area contributed by atoms with Gasteiger partial charge in [0.25, 0.3) is 5.91 Å². The lowest BCUT2D eigenvalue weighted by molar-refractivity contribution is 0.0951. The topological polar surface area (TPSA) is 69.7 Å². The number of benzene rings is 1. The van der Waals surface area contributed by atoms with Gasteiger partial charge in [-0.1, -0.05) is 13.0 Å². The number of carbonyl (C=O) groups excluding carboxylic acids is 1. The van der Waals surface area contributed by atoms with Crippen LogP contribution < -0.4 is 5.32 Å². The van der Waals surface area contributed by atoms with E-state index >= 15 is 0 Å². The highest BCUT2D eigenvalue weighted by atomic mass is 32.2. The smallest absolute Gasteiger partial charge is 0.251 e. The number of piperidine rings is 1. The number of hydrogen-bond acceptors (Lipinski definition) is 4. The van der Waals surface area contributed by atoms with Crippen molar-refractivity contribution in [1.82, 2.24) is 14.5 Å². The molecule has 0 spiro atoms. The highest BCUT2D eigenvalue weighted by Gasteiger charge is 2.28. The van der Waals surface area contributed by atoms with Crippen molar-refractivity contribution >= 4 is 15.9 Å². The molecule has 1 aliphatic rings. The van der Waals surface area contributed by atoms with E-state index in [4.69, 9.17) is 0 Å². The summed E-state index contributed by atoms with van der Waals surface area (Å²) in [6.45, 7) is 6.52. The van der Waals surface area contributed by atoms with E-state index in [9.17, 15) is 13.2 Å². The molecule has 1 aromatic carbocycles. The van der Waals surface area contributed by atoms with Crippen molar-refractivity contribution < 1.29 is 13.2 Å². The summed E-state index contributed by atoms with van der Waals surface area (Å²) < 4.78 is 27.3. The van der Waals surface area contributed by atoms with Gasteiger partial charge < -0.3 is 10.2 Å². The lowest BCUT2D eigenvalue weighted by atomic mass is 10.0. The van der Waals surface area contributed by atoms with Gasteiger partial charge in [-0.15, -0.1) is 0 Å². The van der Waals surface area contributed by atoms with Crippen molar-refractivity contribution in [3.8, 4) is 0 Å². The van der Waals surface area contributed by atoms with Crippen LogP contribution in [0, 0.1) is 12.8 Å². The molecule has 1 aliphatic heterocycles. The Labute approximate surface area is 157 Å². The van der Waals surface area contributed by atoms with Crippen molar-refractivity contribution in [2.45, 2.75) is 38.0 Å².